The molecule has 1 aliphatic rings. The van der Waals surface area contributed by atoms with E-state index in [2.05, 4.69) is 29.4 Å². The number of thiazole rings is 1. The first-order chi connectivity index (χ1) is 8.28. The summed E-state index contributed by atoms with van der Waals surface area (Å²) in [7, 11) is 2.01. The minimum Gasteiger partial charge on any atom is -0.317 e. The molecule has 0 amide bonds. The maximum atomic E-state index is 4.76. The highest BCUT2D eigenvalue weighted by Crippen LogP contribution is 2.27. The third-order valence-electron chi connectivity index (χ3n) is 3.41. The average Bonchev–Trinajstić information content (AvgIpc) is 2.77. The van der Waals surface area contributed by atoms with E-state index in [-0.39, 0.29) is 0 Å². The minimum atomic E-state index is 0.524. The van der Waals surface area contributed by atoms with Gasteiger partial charge in [-0.2, -0.15) is 11.8 Å². The lowest BCUT2D eigenvalue weighted by atomic mass is 9.99. The Hall–Kier alpha value is -0.0600. The van der Waals surface area contributed by atoms with Crippen molar-refractivity contribution in [1.29, 1.82) is 0 Å². The van der Waals surface area contributed by atoms with Crippen LogP contribution in [-0.2, 0) is 12.8 Å². The molecule has 0 spiro atoms. The highest BCUT2D eigenvalue weighted by atomic mass is 32.2. The van der Waals surface area contributed by atoms with Gasteiger partial charge in [0.15, 0.2) is 0 Å². The molecule has 2 heterocycles. The molecule has 1 fully saturated rings. The van der Waals surface area contributed by atoms with Crippen molar-refractivity contribution in [3.63, 3.8) is 0 Å². The first kappa shape index (κ1) is 13.4. The Morgan fingerprint density at radius 1 is 1.47 bits per heavy atom. The molecule has 4 heteroatoms. The molecule has 0 aliphatic carbocycles. The molecular weight excluding hydrogens is 248 g/mol. The molecule has 1 N–H and O–H groups in total. The Balaban J connectivity index is 1.84. The molecule has 0 radical (unpaired) electrons. The third-order valence-corrected chi connectivity index (χ3v) is 5.38. The molecule has 0 aromatic carbocycles. The molecule has 2 nitrogen and oxygen atoms in total. The minimum absolute atomic E-state index is 0.524. The topological polar surface area (TPSA) is 24.9 Å². The number of thioether (sulfide) groups is 1. The molecule has 1 atom stereocenters. The SMILES string of the molecule is CNC(C)Cc1csc(CC2CCSCC2)n1. The maximum absolute atomic E-state index is 4.76. The summed E-state index contributed by atoms with van der Waals surface area (Å²) < 4.78 is 0. The Morgan fingerprint density at radius 3 is 2.94 bits per heavy atom. The van der Waals surface area contributed by atoms with E-state index in [0.29, 0.717) is 6.04 Å². The Labute approximate surface area is 113 Å². The first-order valence-corrected chi connectivity index (χ1v) is 8.49. The van der Waals surface area contributed by atoms with E-state index in [0.717, 1.165) is 12.3 Å². The van der Waals surface area contributed by atoms with Crippen molar-refractivity contribution in [3.05, 3.63) is 16.1 Å². The number of likely N-dealkylation sites (N-methyl/N-ethyl adjacent to an activating group) is 1. The van der Waals surface area contributed by atoms with E-state index in [1.165, 1.54) is 41.5 Å². The van der Waals surface area contributed by atoms with E-state index in [1.807, 2.05) is 18.4 Å². The van der Waals surface area contributed by atoms with Crippen LogP contribution >= 0.6 is 23.1 Å². The van der Waals surface area contributed by atoms with Crippen LogP contribution in [0.3, 0.4) is 0 Å². The summed E-state index contributed by atoms with van der Waals surface area (Å²) in [6.45, 7) is 2.21. The van der Waals surface area contributed by atoms with Crippen molar-refractivity contribution in [2.45, 2.75) is 38.6 Å². The van der Waals surface area contributed by atoms with Gasteiger partial charge in [-0.15, -0.1) is 11.3 Å². The number of hydrogen-bond acceptors (Lipinski definition) is 4. The average molecular weight is 270 g/mol. The summed E-state index contributed by atoms with van der Waals surface area (Å²) >= 11 is 3.95. The van der Waals surface area contributed by atoms with Crippen LogP contribution in [0.4, 0.5) is 0 Å². The van der Waals surface area contributed by atoms with Crippen molar-refractivity contribution in [2.75, 3.05) is 18.6 Å². The van der Waals surface area contributed by atoms with Crippen molar-refractivity contribution in [1.82, 2.24) is 10.3 Å². The van der Waals surface area contributed by atoms with Gasteiger partial charge in [-0.3, -0.25) is 0 Å². The van der Waals surface area contributed by atoms with E-state index in [1.54, 1.807) is 0 Å². The van der Waals surface area contributed by atoms with Crippen LogP contribution in [0.2, 0.25) is 0 Å². The summed E-state index contributed by atoms with van der Waals surface area (Å²) in [6.07, 6.45) is 5.02. The second-order valence-electron chi connectivity index (χ2n) is 4.89. The van der Waals surface area contributed by atoms with Crippen LogP contribution in [0.15, 0.2) is 5.38 Å². The number of nitrogens with zero attached hydrogens (tertiary/aromatic N) is 1. The van der Waals surface area contributed by atoms with Crippen LogP contribution < -0.4 is 5.32 Å². The second-order valence-corrected chi connectivity index (χ2v) is 7.05. The molecule has 17 heavy (non-hydrogen) atoms. The summed E-state index contributed by atoms with van der Waals surface area (Å²) in [4.78, 5) is 4.76. The van der Waals surface area contributed by atoms with E-state index < -0.39 is 0 Å². The highest BCUT2D eigenvalue weighted by Gasteiger charge is 2.16. The Bertz CT molecular complexity index is 332. The van der Waals surface area contributed by atoms with E-state index in [4.69, 9.17) is 4.98 Å². The van der Waals surface area contributed by atoms with E-state index >= 15 is 0 Å². The fraction of sp³-hybridized carbons (Fsp3) is 0.769. The monoisotopic (exact) mass is 270 g/mol. The number of aromatic nitrogens is 1. The van der Waals surface area contributed by atoms with E-state index in [9.17, 15) is 0 Å². The molecule has 1 aromatic rings. The van der Waals surface area contributed by atoms with Crippen molar-refractivity contribution in [3.8, 4) is 0 Å². The van der Waals surface area contributed by atoms with Gasteiger partial charge >= 0.3 is 0 Å². The third kappa shape index (κ3) is 4.27. The zero-order valence-electron chi connectivity index (χ0n) is 10.7. The van der Waals surface area contributed by atoms with Crippen LogP contribution in [0.25, 0.3) is 0 Å². The molecule has 0 saturated carbocycles. The summed E-state index contributed by atoms with van der Waals surface area (Å²) in [5.41, 5.74) is 1.26. The van der Waals surface area contributed by atoms with Crippen LogP contribution in [-0.4, -0.2) is 29.6 Å². The highest BCUT2D eigenvalue weighted by molar-refractivity contribution is 7.99. The lowest BCUT2D eigenvalue weighted by Gasteiger charge is -2.19. The largest absolute Gasteiger partial charge is 0.317 e. The lowest BCUT2D eigenvalue weighted by Crippen LogP contribution is -2.23. The van der Waals surface area contributed by atoms with Gasteiger partial charge < -0.3 is 5.32 Å². The normalized spacial score (nSPS) is 19.4. The predicted octanol–water partition coefficient (Wildman–Crippen LogP) is 2.98. The summed E-state index contributed by atoms with van der Waals surface area (Å²) in [5.74, 6) is 3.58. The van der Waals surface area contributed by atoms with Gasteiger partial charge in [-0.1, -0.05) is 0 Å². The number of nitrogens with one attached hydrogen (secondary N) is 1. The van der Waals surface area contributed by atoms with Gasteiger partial charge in [0.1, 0.15) is 0 Å². The molecule has 2 rings (SSSR count). The molecule has 1 aliphatic heterocycles. The fourth-order valence-electron chi connectivity index (χ4n) is 2.15. The fourth-order valence-corrected chi connectivity index (χ4v) is 4.28. The zero-order valence-corrected chi connectivity index (χ0v) is 12.4. The molecular formula is C13H22N2S2. The number of rotatable bonds is 5. The predicted molar refractivity (Wildman–Crippen MR) is 78.1 cm³/mol. The molecule has 1 unspecified atom stereocenters. The van der Waals surface area contributed by atoms with Gasteiger partial charge in [0.2, 0.25) is 0 Å². The van der Waals surface area contributed by atoms with Gasteiger partial charge in [0, 0.05) is 24.3 Å². The van der Waals surface area contributed by atoms with Gasteiger partial charge in [0.25, 0.3) is 0 Å². The summed E-state index contributed by atoms with van der Waals surface area (Å²) in [5, 5.41) is 6.85. The van der Waals surface area contributed by atoms with Gasteiger partial charge in [0.05, 0.1) is 10.7 Å². The first-order valence-electron chi connectivity index (χ1n) is 6.46. The Kier molecular flexibility index (Phi) is 5.32. The van der Waals surface area contributed by atoms with Crippen molar-refractivity contribution in [2.24, 2.45) is 5.92 Å². The molecule has 1 saturated heterocycles. The second kappa shape index (κ2) is 6.76. The number of hydrogen-bond donors (Lipinski definition) is 1. The van der Waals surface area contributed by atoms with Gasteiger partial charge in [-0.25, -0.2) is 4.98 Å². The molecule has 96 valence electrons. The van der Waals surface area contributed by atoms with Crippen LogP contribution in [0.5, 0.6) is 0 Å². The standard InChI is InChI=1S/C13H22N2S2/c1-10(14-2)7-12-9-17-13(15-12)8-11-3-5-16-6-4-11/h9-11,14H,3-8H2,1-2H3. The maximum Gasteiger partial charge on any atom is 0.0931 e. The zero-order chi connectivity index (χ0) is 12.1. The summed E-state index contributed by atoms with van der Waals surface area (Å²) in [6, 6.07) is 0.524. The van der Waals surface area contributed by atoms with Crippen LogP contribution in [0, 0.1) is 5.92 Å². The van der Waals surface area contributed by atoms with Crippen LogP contribution in [0.1, 0.15) is 30.5 Å². The lowest BCUT2D eigenvalue weighted by molar-refractivity contribution is 0.486. The smallest absolute Gasteiger partial charge is 0.0931 e. The van der Waals surface area contributed by atoms with Gasteiger partial charge in [-0.05, 0) is 44.2 Å². The quantitative estimate of drug-likeness (QED) is 0.890. The molecule has 0 bridgehead atoms. The molecule has 1 aromatic heterocycles. The van der Waals surface area contributed by atoms with Crippen molar-refractivity contribution >= 4 is 23.1 Å². The van der Waals surface area contributed by atoms with Crippen molar-refractivity contribution < 1.29 is 0 Å². The Morgan fingerprint density at radius 2 is 2.24 bits per heavy atom.